The molecular weight excluding hydrogens is 294 g/mol. The minimum absolute atomic E-state index is 0.0758. The lowest BCUT2D eigenvalue weighted by Gasteiger charge is -2.39. The summed E-state index contributed by atoms with van der Waals surface area (Å²) in [4.78, 5) is 13.6. The second-order valence-electron chi connectivity index (χ2n) is 5.92. The molecule has 1 aliphatic rings. The lowest BCUT2D eigenvalue weighted by atomic mass is 9.92. The Morgan fingerprint density at radius 2 is 1.86 bits per heavy atom. The first-order valence-corrected chi connectivity index (χ1v) is 9.12. The van der Waals surface area contributed by atoms with Crippen molar-refractivity contribution >= 4 is 16.0 Å². The summed E-state index contributed by atoms with van der Waals surface area (Å²) in [5.41, 5.74) is -0.956. The van der Waals surface area contributed by atoms with E-state index in [4.69, 9.17) is 0 Å². The van der Waals surface area contributed by atoms with Gasteiger partial charge in [0, 0.05) is 32.2 Å². The molecule has 0 aromatic heterocycles. The molecule has 2 N–H and O–H groups in total. The van der Waals surface area contributed by atoms with Crippen LogP contribution in [0.1, 0.15) is 27.2 Å². The minimum atomic E-state index is -3.13. The van der Waals surface area contributed by atoms with Crippen molar-refractivity contribution < 1.29 is 18.3 Å². The van der Waals surface area contributed by atoms with Gasteiger partial charge in [-0.25, -0.2) is 8.42 Å². The molecule has 0 amide bonds. The molecule has 0 spiro atoms. The van der Waals surface area contributed by atoms with Crippen molar-refractivity contribution in [2.45, 2.75) is 38.8 Å². The van der Waals surface area contributed by atoms with Crippen LogP contribution in [-0.2, 0) is 14.8 Å². The summed E-state index contributed by atoms with van der Waals surface area (Å²) in [6.45, 7) is 8.37. The second-order valence-corrected chi connectivity index (χ2v) is 7.90. The number of carboxylic acids is 1. The maximum absolute atomic E-state index is 11.5. The van der Waals surface area contributed by atoms with Crippen molar-refractivity contribution in [2.24, 2.45) is 0 Å². The van der Waals surface area contributed by atoms with Crippen LogP contribution in [0, 0.1) is 0 Å². The Morgan fingerprint density at radius 3 is 2.24 bits per heavy atom. The average molecular weight is 321 g/mol. The SMILES string of the molecule is CCNC(C)(CC(C)N1CCN(S(C)(=O)=O)CC1)C(=O)O. The molecule has 0 aromatic rings. The van der Waals surface area contributed by atoms with Crippen LogP contribution in [0.4, 0.5) is 0 Å². The fourth-order valence-electron chi connectivity index (χ4n) is 2.82. The quantitative estimate of drug-likeness (QED) is 0.675. The van der Waals surface area contributed by atoms with Crippen LogP contribution in [0.25, 0.3) is 0 Å². The first kappa shape index (κ1) is 18.3. The highest BCUT2D eigenvalue weighted by Crippen LogP contribution is 2.19. The number of sulfonamides is 1. The number of rotatable bonds is 7. The van der Waals surface area contributed by atoms with Gasteiger partial charge in [-0.15, -0.1) is 0 Å². The molecule has 1 heterocycles. The third-order valence-electron chi connectivity index (χ3n) is 4.11. The summed E-state index contributed by atoms with van der Waals surface area (Å²) >= 11 is 0. The van der Waals surface area contributed by atoms with Crippen molar-refractivity contribution in [1.29, 1.82) is 0 Å². The van der Waals surface area contributed by atoms with E-state index in [1.165, 1.54) is 10.6 Å². The summed E-state index contributed by atoms with van der Waals surface area (Å²) in [5.74, 6) is -0.856. The number of aliphatic carboxylic acids is 1. The highest BCUT2D eigenvalue weighted by Gasteiger charge is 2.36. The number of carboxylic acid groups (broad SMARTS) is 1. The number of nitrogens with zero attached hydrogens (tertiary/aromatic N) is 2. The largest absolute Gasteiger partial charge is 0.480 e. The fraction of sp³-hybridized carbons (Fsp3) is 0.923. The third kappa shape index (κ3) is 4.91. The lowest BCUT2D eigenvalue weighted by Crippen LogP contribution is -2.56. The van der Waals surface area contributed by atoms with Crippen LogP contribution in [0.3, 0.4) is 0 Å². The van der Waals surface area contributed by atoms with E-state index in [9.17, 15) is 18.3 Å². The number of likely N-dealkylation sites (N-methyl/N-ethyl adjacent to an activating group) is 1. The Kier molecular flexibility index (Phi) is 6.15. The highest BCUT2D eigenvalue weighted by atomic mass is 32.2. The van der Waals surface area contributed by atoms with E-state index in [-0.39, 0.29) is 6.04 Å². The zero-order valence-electron chi connectivity index (χ0n) is 13.3. The van der Waals surface area contributed by atoms with Crippen molar-refractivity contribution in [3.63, 3.8) is 0 Å². The zero-order valence-corrected chi connectivity index (χ0v) is 14.1. The number of hydrogen-bond donors (Lipinski definition) is 2. The monoisotopic (exact) mass is 321 g/mol. The minimum Gasteiger partial charge on any atom is -0.480 e. The fourth-order valence-corrected chi connectivity index (χ4v) is 3.65. The molecular formula is C13H27N3O4S. The van der Waals surface area contributed by atoms with E-state index >= 15 is 0 Å². The molecule has 8 heteroatoms. The summed E-state index contributed by atoms with van der Waals surface area (Å²) in [6, 6.07) is 0.0758. The van der Waals surface area contributed by atoms with Gasteiger partial charge in [-0.05, 0) is 26.8 Å². The molecule has 0 bridgehead atoms. The smallest absolute Gasteiger partial charge is 0.323 e. The summed E-state index contributed by atoms with van der Waals surface area (Å²) in [5, 5.41) is 12.4. The number of carbonyl (C=O) groups is 1. The molecule has 124 valence electrons. The Labute approximate surface area is 127 Å². The van der Waals surface area contributed by atoms with E-state index in [0.717, 1.165) is 0 Å². The van der Waals surface area contributed by atoms with Gasteiger partial charge in [0.05, 0.1) is 6.26 Å². The number of nitrogens with one attached hydrogen (secondary N) is 1. The molecule has 7 nitrogen and oxygen atoms in total. The van der Waals surface area contributed by atoms with E-state index in [1.54, 1.807) is 6.92 Å². The van der Waals surface area contributed by atoms with Crippen LogP contribution >= 0.6 is 0 Å². The molecule has 1 aliphatic heterocycles. The molecule has 1 saturated heterocycles. The maximum atomic E-state index is 11.5. The average Bonchev–Trinajstić information content (AvgIpc) is 2.37. The van der Waals surface area contributed by atoms with Crippen LogP contribution in [-0.4, -0.2) is 79.3 Å². The van der Waals surface area contributed by atoms with Crippen LogP contribution in [0.15, 0.2) is 0 Å². The van der Waals surface area contributed by atoms with Crippen molar-refractivity contribution in [2.75, 3.05) is 39.0 Å². The van der Waals surface area contributed by atoms with Crippen molar-refractivity contribution in [1.82, 2.24) is 14.5 Å². The van der Waals surface area contributed by atoms with Gasteiger partial charge in [0.2, 0.25) is 10.0 Å². The molecule has 21 heavy (non-hydrogen) atoms. The molecule has 0 saturated carbocycles. The molecule has 0 aliphatic carbocycles. The second kappa shape index (κ2) is 7.04. The van der Waals surface area contributed by atoms with Gasteiger partial charge in [0.1, 0.15) is 5.54 Å². The zero-order chi connectivity index (χ0) is 16.3. The summed E-state index contributed by atoms with van der Waals surface area (Å²) < 4.78 is 24.4. The predicted molar refractivity (Wildman–Crippen MR) is 81.8 cm³/mol. The molecule has 0 aromatic carbocycles. The van der Waals surface area contributed by atoms with Crippen LogP contribution < -0.4 is 5.32 Å². The normalized spacial score (nSPS) is 22.7. The van der Waals surface area contributed by atoms with Gasteiger partial charge in [0.25, 0.3) is 0 Å². The Morgan fingerprint density at radius 1 is 1.33 bits per heavy atom. The van der Waals surface area contributed by atoms with Gasteiger partial charge in [0.15, 0.2) is 0 Å². The third-order valence-corrected chi connectivity index (χ3v) is 5.41. The first-order valence-electron chi connectivity index (χ1n) is 7.27. The van der Waals surface area contributed by atoms with E-state index in [0.29, 0.717) is 39.1 Å². The molecule has 1 fully saturated rings. The van der Waals surface area contributed by atoms with Crippen molar-refractivity contribution in [3.8, 4) is 0 Å². The van der Waals surface area contributed by atoms with E-state index in [1.807, 2.05) is 13.8 Å². The first-order chi connectivity index (χ1) is 9.60. The van der Waals surface area contributed by atoms with Crippen LogP contribution in [0.5, 0.6) is 0 Å². The van der Waals surface area contributed by atoms with Gasteiger partial charge in [-0.1, -0.05) is 6.92 Å². The summed E-state index contributed by atoms with van der Waals surface area (Å²) in [7, 11) is -3.13. The molecule has 2 atom stereocenters. The lowest BCUT2D eigenvalue weighted by molar-refractivity contribution is -0.145. The van der Waals surface area contributed by atoms with Crippen molar-refractivity contribution in [3.05, 3.63) is 0 Å². The standard InChI is InChI=1S/C13H27N3O4S/c1-5-14-13(3,12(17)18)10-11(2)15-6-8-16(9-7-15)21(4,19)20/h11,14H,5-10H2,1-4H3,(H,17,18). The van der Waals surface area contributed by atoms with E-state index in [2.05, 4.69) is 10.2 Å². The van der Waals surface area contributed by atoms with Gasteiger partial charge >= 0.3 is 5.97 Å². The van der Waals surface area contributed by atoms with Gasteiger partial charge < -0.3 is 10.4 Å². The molecule has 1 rings (SSSR count). The topological polar surface area (TPSA) is 90.0 Å². The molecule has 0 radical (unpaired) electrons. The molecule has 2 unspecified atom stereocenters. The van der Waals surface area contributed by atoms with Gasteiger partial charge in [-0.3, -0.25) is 9.69 Å². The van der Waals surface area contributed by atoms with Crippen LogP contribution in [0.2, 0.25) is 0 Å². The maximum Gasteiger partial charge on any atom is 0.323 e. The summed E-state index contributed by atoms with van der Waals surface area (Å²) in [6.07, 6.45) is 1.70. The van der Waals surface area contributed by atoms with Gasteiger partial charge in [-0.2, -0.15) is 4.31 Å². The highest BCUT2D eigenvalue weighted by molar-refractivity contribution is 7.88. The Bertz CT molecular complexity index is 460. The Hall–Kier alpha value is -0.700. The number of piperazine rings is 1. The Balaban J connectivity index is 2.61. The number of hydrogen-bond acceptors (Lipinski definition) is 5. The predicted octanol–water partition coefficient (Wildman–Crippen LogP) is -0.205. The van der Waals surface area contributed by atoms with E-state index < -0.39 is 21.5 Å².